The lowest BCUT2D eigenvalue weighted by Crippen LogP contribution is -2.52. The molecule has 1 rings (SSSR count). The van der Waals surface area contributed by atoms with Gasteiger partial charge in [0.05, 0.1) is 11.7 Å². The zero-order valence-electron chi connectivity index (χ0n) is 9.46. The topological polar surface area (TPSA) is 18.5 Å². The molecule has 1 aliphatic rings. The van der Waals surface area contributed by atoms with E-state index in [0.717, 1.165) is 12.3 Å². The predicted octanol–water partition coefficient (Wildman–Crippen LogP) is 2.47. The highest BCUT2D eigenvalue weighted by molar-refractivity contribution is 4.95. The molecule has 2 heteroatoms. The van der Waals surface area contributed by atoms with E-state index in [4.69, 9.17) is 9.47 Å². The number of hydrogen-bond acceptors (Lipinski definition) is 2. The maximum Gasteiger partial charge on any atom is 0.0936 e. The van der Waals surface area contributed by atoms with Crippen LogP contribution in [0, 0.1) is 11.8 Å². The second-order valence-electron chi connectivity index (χ2n) is 4.59. The quantitative estimate of drug-likeness (QED) is 0.659. The van der Waals surface area contributed by atoms with E-state index in [1.54, 1.807) is 14.2 Å². The van der Waals surface area contributed by atoms with Crippen LogP contribution in [0.25, 0.3) is 0 Å². The van der Waals surface area contributed by atoms with Gasteiger partial charge in [0, 0.05) is 14.2 Å². The molecule has 0 bridgehead atoms. The van der Waals surface area contributed by atoms with Gasteiger partial charge in [-0.3, -0.25) is 0 Å². The van der Waals surface area contributed by atoms with Gasteiger partial charge >= 0.3 is 0 Å². The molecule has 0 aromatic rings. The lowest BCUT2D eigenvalue weighted by molar-refractivity contribution is -0.163. The Labute approximate surface area is 81.6 Å². The summed E-state index contributed by atoms with van der Waals surface area (Å²) in [6.45, 7) is 6.71. The molecule has 0 N–H and O–H groups in total. The van der Waals surface area contributed by atoms with Gasteiger partial charge < -0.3 is 9.47 Å². The average molecular weight is 186 g/mol. The van der Waals surface area contributed by atoms with Crippen molar-refractivity contribution >= 4 is 0 Å². The molecule has 13 heavy (non-hydrogen) atoms. The number of methoxy groups -OCH3 is 2. The Balaban J connectivity index is 2.77. The molecule has 4 atom stereocenters. The van der Waals surface area contributed by atoms with E-state index < -0.39 is 0 Å². The summed E-state index contributed by atoms with van der Waals surface area (Å²) in [4.78, 5) is 0. The van der Waals surface area contributed by atoms with Gasteiger partial charge in [0.25, 0.3) is 0 Å². The summed E-state index contributed by atoms with van der Waals surface area (Å²) in [5, 5.41) is 0. The van der Waals surface area contributed by atoms with Crippen molar-refractivity contribution in [2.24, 2.45) is 11.8 Å². The molecule has 0 aromatic carbocycles. The normalized spacial score (nSPS) is 46.4. The first-order chi connectivity index (χ1) is 6.04. The maximum atomic E-state index is 5.62. The van der Waals surface area contributed by atoms with Crippen molar-refractivity contribution in [2.45, 2.75) is 45.3 Å². The van der Waals surface area contributed by atoms with Crippen molar-refractivity contribution in [3.05, 3.63) is 0 Å². The van der Waals surface area contributed by atoms with E-state index in [-0.39, 0.29) is 11.7 Å². The number of ether oxygens (including phenoxy) is 2. The first-order valence-corrected chi connectivity index (χ1v) is 5.12. The van der Waals surface area contributed by atoms with Gasteiger partial charge in [-0.1, -0.05) is 13.8 Å². The number of hydrogen-bond donors (Lipinski definition) is 0. The largest absolute Gasteiger partial charge is 0.378 e. The van der Waals surface area contributed by atoms with Crippen LogP contribution in [-0.2, 0) is 9.47 Å². The fraction of sp³-hybridized carbons (Fsp3) is 1.00. The first-order valence-electron chi connectivity index (χ1n) is 5.12. The molecule has 0 spiro atoms. The zero-order valence-corrected chi connectivity index (χ0v) is 9.46. The van der Waals surface area contributed by atoms with Crippen LogP contribution in [0.3, 0.4) is 0 Å². The van der Waals surface area contributed by atoms with Crippen LogP contribution >= 0.6 is 0 Å². The van der Waals surface area contributed by atoms with Crippen LogP contribution in [-0.4, -0.2) is 25.9 Å². The fourth-order valence-corrected chi connectivity index (χ4v) is 2.51. The molecule has 0 radical (unpaired) electrons. The van der Waals surface area contributed by atoms with Gasteiger partial charge in [0.2, 0.25) is 0 Å². The van der Waals surface area contributed by atoms with Crippen molar-refractivity contribution < 1.29 is 9.47 Å². The lowest BCUT2D eigenvalue weighted by atomic mass is 9.71. The van der Waals surface area contributed by atoms with E-state index in [1.807, 2.05) is 0 Å². The summed E-state index contributed by atoms with van der Waals surface area (Å²) in [7, 11) is 3.57. The summed E-state index contributed by atoms with van der Waals surface area (Å²) in [6, 6.07) is 0. The molecule has 1 fully saturated rings. The smallest absolute Gasteiger partial charge is 0.0936 e. The van der Waals surface area contributed by atoms with Crippen LogP contribution in [0.15, 0.2) is 0 Å². The van der Waals surface area contributed by atoms with Gasteiger partial charge in [-0.25, -0.2) is 0 Å². The second-order valence-corrected chi connectivity index (χ2v) is 4.59. The highest BCUT2D eigenvalue weighted by Gasteiger charge is 2.44. The van der Waals surface area contributed by atoms with Gasteiger partial charge in [-0.2, -0.15) is 0 Å². The summed E-state index contributed by atoms with van der Waals surface area (Å²) < 4.78 is 11.1. The Morgan fingerprint density at radius 3 is 2.23 bits per heavy atom. The third-order valence-corrected chi connectivity index (χ3v) is 3.71. The van der Waals surface area contributed by atoms with Crippen molar-refractivity contribution in [2.75, 3.05) is 14.2 Å². The monoisotopic (exact) mass is 186 g/mol. The van der Waals surface area contributed by atoms with Gasteiger partial charge in [-0.15, -0.1) is 0 Å². The molecule has 0 amide bonds. The van der Waals surface area contributed by atoms with Gasteiger partial charge in [0.1, 0.15) is 0 Å². The molecule has 4 unspecified atom stereocenters. The van der Waals surface area contributed by atoms with E-state index in [9.17, 15) is 0 Å². The minimum Gasteiger partial charge on any atom is -0.378 e. The summed E-state index contributed by atoms with van der Waals surface area (Å²) in [5.74, 6) is 1.33. The van der Waals surface area contributed by atoms with E-state index in [2.05, 4.69) is 20.8 Å². The van der Waals surface area contributed by atoms with Crippen LogP contribution in [0.4, 0.5) is 0 Å². The number of rotatable bonds is 2. The van der Waals surface area contributed by atoms with E-state index >= 15 is 0 Å². The molecule has 0 saturated heterocycles. The maximum absolute atomic E-state index is 5.62. The molecule has 78 valence electrons. The summed E-state index contributed by atoms with van der Waals surface area (Å²) in [6.07, 6.45) is 2.60. The standard InChI is InChI=1S/C11H22O2/c1-8-6-9(2)11(3,13-5)10(7-8)12-4/h8-10H,6-7H2,1-5H3. The Hall–Kier alpha value is -0.0800. The Bertz CT molecular complexity index is 169. The third kappa shape index (κ3) is 1.89. The molecule has 0 aromatic heterocycles. The highest BCUT2D eigenvalue weighted by Crippen LogP contribution is 2.40. The molecular formula is C11H22O2. The van der Waals surface area contributed by atoms with E-state index in [1.165, 1.54) is 6.42 Å². The predicted molar refractivity (Wildman–Crippen MR) is 53.8 cm³/mol. The Kier molecular flexibility index (Phi) is 3.36. The van der Waals surface area contributed by atoms with Crippen LogP contribution in [0.1, 0.15) is 33.6 Å². The van der Waals surface area contributed by atoms with Crippen molar-refractivity contribution in [1.29, 1.82) is 0 Å². The lowest BCUT2D eigenvalue weighted by Gasteiger charge is -2.46. The SMILES string of the molecule is COC1CC(C)CC(C)C1(C)OC. The molecule has 0 aliphatic heterocycles. The first kappa shape index (κ1) is 11.0. The third-order valence-electron chi connectivity index (χ3n) is 3.71. The molecule has 1 aliphatic carbocycles. The van der Waals surface area contributed by atoms with Crippen molar-refractivity contribution in [1.82, 2.24) is 0 Å². The molecule has 1 saturated carbocycles. The molecule has 2 nitrogen and oxygen atoms in total. The minimum atomic E-state index is -0.0960. The Morgan fingerprint density at radius 1 is 1.15 bits per heavy atom. The van der Waals surface area contributed by atoms with E-state index in [0.29, 0.717) is 5.92 Å². The van der Waals surface area contributed by atoms with Crippen LogP contribution < -0.4 is 0 Å². The van der Waals surface area contributed by atoms with Crippen molar-refractivity contribution in [3.8, 4) is 0 Å². The van der Waals surface area contributed by atoms with Crippen molar-refractivity contribution in [3.63, 3.8) is 0 Å². The average Bonchev–Trinajstić information content (AvgIpc) is 2.11. The van der Waals surface area contributed by atoms with Gasteiger partial charge in [0.15, 0.2) is 0 Å². The van der Waals surface area contributed by atoms with Gasteiger partial charge in [-0.05, 0) is 31.6 Å². The minimum absolute atomic E-state index is 0.0960. The fourth-order valence-electron chi connectivity index (χ4n) is 2.51. The summed E-state index contributed by atoms with van der Waals surface area (Å²) in [5.41, 5.74) is -0.0960. The zero-order chi connectivity index (χ0) is 10.1. The highest BCUT2D eigenvalue weighted by atomic mass is 16.5. The molecule has 0 heterocycles. The van der Waals surface area contributed by atoms with Crippen LogP contribution in [0.2, 0.25) is 0 Å². The molecular weight excluding hydrogens is 164 g/mol. The second kappa shape index (κ2) is 3.97. The summed E-state index contributed by atoms with van der Waals surface area (Å²) >= 11 is 0. The van der Waals surface area contributed by atoms with Crippen LogP contribution in [0.5, 0.6) is 0 Å². The Morgan fingerprint density at radius 2 is 1.77 bits per heavy atom.